The number of carbonyl (C=O) groups excluding carboxylic acids is 1. The van der Waals surface area contributed by atoms with Crippen LogP contribution in [-0.2, 0) is 37.3 Å². The van der Waals surface area contributed by atoms with E-state index in [2.05, 4.69) is 4.57 Å². The van der Waals surface area contributed by atoms with Gasteiger partial charge in [0.1, 0.15) is 5.82 Å². The number of sulfonamides is 1. The second-order valence-electron chi connectivity index (χ2n) is 8.50. The lowest BCUT2D eigenvalue weighted by Gasteiger charge is -2.35. The molecule has 2 aliphatic heterocycles. The minimum absolute atomic E-state index is 0.0368. The maximum atomic E-state index is 13.0. The molecule has 0 bridgehead atoms. The van der Waals surface area contributed by atoms with Gasteiger partial charge in [-0.1, -0.05) is 0 Å². The van der Waals surface area contributed by atoms with Crippen LogP contribution in [0, 0.1) is 0 Å². The third kappa shape index (κ3) is 4.68. The van der Waals surface area contributed by atoms with Crippen LogP contribution < -0.4 is 0 Å². The predicted molar refractivity (Wildman–Crippen MR) is 120 cm³/mol. The number of imidazole rings is 1. The number of aryl methyl sites for hydroxylation is 2. The van der Waals surface area contributed by atoms with Crippen LogP contribution in [0.3, 0.4) is 0 Å². The Hall–Kier alpha value is -2.01. The number of benzene rings is 1. The molecule has 4 rings (SSSR count). The van der Waals surface area contributed by atoms with Crippen LogP contribution in [-0.4, -0.2) is 84.7 Å². The van der Waals surface area contributed by atoms with Crippen LogP contribution >= 0.6 is 0 Å². The maximum Gasteiger partial charge on any atom is 0.243 e. The summed E-state index contributed by atoms with van der Waals surface area (Å²) in [5.41, 5.74) is 1.52. The van der Waals surface area contributed by atoms with Gasteiger partial charge in [0.15, 0.2) is 0 Å². The number of carbonyl (C=O) groups is 1. The fraction of sp³-hybridized carbons (Fsp3) is 0.636. The number of hydrogen-bond acceptors (Lipinski definition) is 6. The first-order valence-corrected chi connectivity index (χ1v) is 12.7. The first kappa shape index (κ1) is 23.2. The van der Waals surface area contributed by atoms with Crippen molar-refractivity contribution in [2.45, 2.75) is 57.3 Å². The zero-order valence-corrected chi connectivity index (χ0v) is 19.8. The van der Waals surface area contributed by atoms with Gasteiger partial charge in [-0.2, -0.15) is 4.31 Å². The van der Waals surface area contributed by atoms with Crippen molar-refractivity contribution < 1.29 is 22.7 Å². The molecule has 176 valence electrons. The first-order chi connectivity index (χ1) is 15.3. The van der Waals surface area contributed by atoms with Crippen LogP contribution in [0.15, 0.2) is 23.1 Å². The Morgan fingerprint density at radius 3 is 2.50 bits per heavy atom. The smallest absolute Gasteiger partial charge is 0.243 e. The molecule has 0 aliphatic carbocycles. The molecule has 2 aliphatic rings. The normalized spacial score (nSPS) is 23.0. The number of ether oxygens (including phenoxy) is 2. The number of hydrogen-bond donors (Lipinski definition) is 0. The quantitative estimate of drug-likeness (QED) is 0.645. The number of amides is 1. The molecular weight excluding hydrogens is 432 g/mol. The average Bonchev–Trinajstić information content (AvgIpc) is 3.14. The fourth-order valence-electron chi connectivity index (χ4n) is 4.56. The zero-order valence-electron chi connectivity index (χ0n) is 19.0. The highest BCUT2D eigenvalue weighted by atomic mass is 32.2. The Morgan fingerprint density at radius 1 is 1.16 bits per heavy atom. The Kier molecular flexibility index (Phi) is 6.85. The molecule has 2 unspecified atom stereocenters. The van der Waals surface area contributed by atoms with Gasteiger partial charge >= 0.3 is 0 Å². The van der Waals surface area contributed by atoms with Crippen molar-refractivity contribution in [1.82, 2.24) is 18.8 Å². The fourth-order valence-corrected chi connectivity index (χ4v) is 5.99. The van der Waals surface area contributed by atoms with Gasteiger partial charge in [0, 0.05) is 45.6 Å². The van der Waals surface area contributed by atoms with Crippen molar-refractivity contribution in [1.29, 1.82) is 0 Å². The van der Waals surface area contributed by atoms with Crippen LogP contribution in [0.2, 0.25) is 0 Å². The SMILES string of the molecule is CCn1c(CCC(=O)N2CC(C)OC(C)C2)nc2cc(S(=O)(=O)N3CCOCC3)ccc21. The molecule has 9 nitrogen and oxygen atoms in total. The summed E-state index contributed by atoms with van der Waals surface area (Å²) in [5.74, 6) is 0.892. The molecule has 3 heterocycles. The minimum atomic E-state index is -3.58. The third-order valence-electron chi connectivity index (χ3n) is 6.06. The standard InChI is InChI=1S/C22H32N4O5S/c1-4-26-20-6-5-18(32(28,29)25-9-11-30-12-10-25)13-19(20)23-21(26)7-8-22(27)24-14-16(2)31-17(3)15-24/h5-6,13,16-17H,4,7-12,14-15H2,1-3H3. The van der Waals surface area contributed by atoms with Gasteiger partial charge in [0.2, 0.25) is 15.9 Å². The molecule has 1 aromatic heterocycles. The van der Waals surface area contributed by atoms with Crippen molar-refractivity contribution in [3.8, 4) is 0 Å². The van der Waals surface area contributed by atoms with E-state index in [0.717, 1.165) is 11.3 Å². The molecule has 32 heavy (non-hydrogen) atoms. The first-order valence-electron chi connectivity index (χ1n) is 11.3. The van der Waals surface area contributed by atoms with Crippen molar-refractivity contribution in [3.05, 3.63) is 24.0 Å². The zero-order chi connectivity index (χ0) is 22.9. The lowest BCUT2D eigenvalue weighted by molar-refractivity contribution is -0.143. The second kappa shape index (κ2) is 9.46. The Labute approximate surface area is 189 Å². The van der Waals surface area contributed by atoms with E-state index in [1.165, 1.54) is 4.31 Å². The molecule has 1 amide bonds. The summed E-state index contributed by atoms with van der Waals surface area (Å²) in [5, 5.41) is 0. The molecule has 10 heteroatoms. The minimum Gasteiger partial charge on any atom is -0.379 e. The highest BCUT2D eigenvalue weighted by Gasteiger charge is 2.28. The summed E-state index contributed by atoms with van der Waals surface area (Å²) in [4.78, 5) is 19.6. The van der Waals surface area contributed by atoms with Crippen LogP contribution in [0.25, 0.3) is 11.0 Å². The summed E-state index contributed by atoms with van der Waals surface area (Å²) in [6.45, 7) is 9.43. The van der Waals surface area contributed by atoms with E-state index in [1.807, 2.05) is 31.7 Å². The highest BCUT2D eigenvalue weighted by molar-refractivity contribution is 7.89. The van der Waals surface area contributed by atoms with Crippen molar-refractivity contribution >= 4 is 27.0 Å². The van der Waals surface area contributed by atoms with Crippen LogP contribution in [0.1, 0.15) is 33.0 Å². The van der Waals surface area contributed by atoms with E-state index in [9.17, 15) is 13.2 Å². The number of nitrogens with zero attached hydrogens (tertiary/aromatic N) is 4. The van der Waals surface area contributed by atoms with E-state index in [1.54, 1.807) is 12.1 Å². The van der Waals surface area contributed by atoms with Crippen molar-refractivity contribution in [3.63, 3.8) is 0 Å². The molecule has 0 spiro atoms. The summed E-state index contributed by atoms with van der Waals surface area (Å²) in [6.07, 6.45) is 0.943. The van der Waals surface area contributed by atoms with Gasteiger partial charge in [0.25, 0.3) is 0 Å². The summed E-state index contributed by atoms with van der Waals surface area (Å²) >= 11 is 0. The Morgan fingerprint density at radius 2 is 1.84 bits per heavy atom. The monoisotopic (exact) mass is 464 g/mol. The summed E-state index contributed by atoms with van der Waals surface area (Å²) < 4.78 is 40.5. The predicted octanol–water partition coefficient (Wildman–Crippen LogP) is 1.65. The molecule has 2 atom stereocenters. The Balaban J connectivity index is 1.53. The average molecular weight is 465 g/mol. The van der Waals surface area contributed by atoms with Gasteiger partial charge in [-0.15, -0.1) is 0 Å². The van der Waals surface area contributed by atoms with Gasteiger partial charge in [-0.3, -0.25) is 4.79 Å². The lowest BCUT2D eigenvalue weighted by atomic mass is 10.2. The molecule has 0 saturated carbocycles. The number of aromatic nitrogens is 2. The second-order valence-corrected chi connectivity index (χ2v) is 10.4. The third-order valence-corrected chi connectivity index (χ3v) is 7.95. The van der Waals surface area contributed by atoms with E-state index < -0.39 is 10.0 Å². The van der Waals surface area contributed by atoms with Gasteiger partial charge in [-0.05, 0) is 39.0 Å². The van der Waals surface area contributed by atoms with E-state index >= 15 is 0 Å². The van der Waals surface area contributed by atoms with E-state index in [0.29, 0.717) is 64.3 Å². The lowest BCUT2D eigenvalue weighted by Crippen LogP contribution is -2.48. The number of rotatable bonds is 6. The molecule has 0 radical (unpaired) electrons. The van der Waals surface area contributed by atoms with E-state index in [-0.39, 0.29) is 23.0 Å². The summed E-state index contributed by atoms with van der Waals surface area (Å²) in [7, 11) is -3.58. The molecule has 2 saturated heterocycles. The summed E-state index contributed by atoms with van der Waals surface area (Å²) in [6, 6.07) is 5.10. The molecule has 1 aromatic carbocycles. The number of fused-ring (bicyclic) bond motifs is 1. The molecule has 2 aromatic rings. The Bertz CT molecular complexity index is 1070. The molecule has 0 N–H and O–H groups in total. The molecular formula is C22H32N4O5S. The topological polar surface area (TPSA) is 94.0 Å². The van der Waals surface area contributed by atoms with Crippen LogP contribution in [0.5, 0.6) is 0 Å². The van der Waals surface area contributed by atoms with Gasteiger partial charge in [-0.25, -0.2) is 13.4 Å². The molecule has 2 fully saturated rings. The largest absolute Gasteiger partial charge is 0.379 e. The van der Waals surface area contributed by atoms with Crippen molar-refractivity contribution in [2.24, 2.45) is 0 Å². The maximum absolute atomic E-state index is 13.0. The van der Waals surface area contributed by atoms with Gasteiger partial charge < -0.3 is 18.9 Å². The van der Waals surface area contributed by atoms with Crippen LogP contribution in [0.4, 0.5) is 0 Å². The highest BCUT2D eigenvalue weighted by Crippen LogP contribution is 2.24. The van der Waals surface area contributed by atoms with Gasteiger partial charge in [0.05, 0.1) is 41.4 Å². The van der Waals surface area contributed by atoms with E-state index in [4.69, 9.17) is 14.5 Å². The van der Waals surface area contributed by atoms with Crippen molar-refractivity contribution in [2.75, 3.05) is 39.4 Å². The number of morpholine rings is 2.